The molecule has 0 aliphatic heterocycles. The van der Waals surface area contributed by atoms with Crippen molar-refractivity contribution >= 4 is 11.8 Å². The highest BCUT2D eigenvalue weighted by Crippen LogP contribution is 2.21. The lowest BCUT2D eigenvalue weighted by molar-refractivity contribution is 0.462. The van der Waals surface area contributed by atoms with Gasteiger partial charge in [-0.1, -0.05) is 20.8 Å². The summed E-state index contributed by atoms with van der Waals surface area (Å²) in [6, 6.07) is 4.15. The maximum Gasteiger partial charge on any atom is 0.117 e. The minimum absolute atomic E-state index is 0.715. The quantitative estimate of drug-likeness (QED) is 0.772. The normalized spacial score (nSPS) is 13.0. The number of rotatable bonds is 7. The van der Waals surface area contributed by atoms with Crippen molar-refractivity contribution in [1.82, 2.24) is 5.32 Å². The molecule has 0 aliphatic rings. The van der Waals surface area contributed by atoms with Gasteiger partial charge in [0.15, 0.2) is 0 Å². The van der Waals surface area contributed by atoms with E-state index in [0.29, 0.717) is 5.25 Å². The van der Waals surface area contributed by atoms with Crippen LogP contribution in [0.2, 0.25) is 0 Å². The van der Waals surface area contributed by atoms with Crippen LogP contribution >= 0.6 is 11.8 Å². The molecule has 0 aliphatic carbocycles. The molecule has 0 fully saturated rings. The molecule has 0 saturated heterocycles. The van der Waals surface area contributed by atoms with Gasteiger partial charge >= 0.3 is 0 Å². The van der Waals surface area contributed by atoms with Gasteiger partial charge in [-0.05, 0) is 25.1 Å². The minimum Gasteiger partial charge on any atom is -0.464 e. The van der Waals surface area contributed by atoms with E-state index in [1.807, 2.05) is 11.8 Å². The number of hydrogen-bond donors (Lipinski definition) is 1. The van der Waals surface area contributed by atoms with E-state index in [4.69, 9.17) is 4.42 Å². The lowest BCUT2D eigenvalue weighted by Gasteiger charge is -2.05. The summed E-state index contributed by atoms with van der Waals surface area (Å²) in [5.74, 6) is 3.12. The molecular weight excluding hydrogens is 206 g/mol. The van der Waals surface area contributed by atoms with Gasteiger partial charge in [0.2, 0.25) is 0 Å². The van der Waals surface area contributed by atoms with Crippen molar-refractivity contribution in [1.29, 1.82) is 0 Å². The van der Waals surface area contributed by atoms with Crippen molar-refractivity contribution in [3.8, 4) is 0 Å². The van der Waals surface area contributed by atoms with Crippen LogP contribution in [0.3, 0.4) is 0 Å². The maximum atomic E-state index is 5.70. The van der Waals surface area contributed by atoms with Crippen molar-refractivity contribution in [3.05, 3.63) is 23.7 Å². The molecule has 1 rings (SSSR count). The highest BCUT2D eigenvalue weighted by Gasteiger charge is 2.04. The number of nitrogens with one attached hydrogen (secondary N) is 1. The third kappa shape index (κ3) is 4.76. The summed E-state index contributed by atoms with van der Waals surface area (Å²) in [5.41, 5.74) is 0. The van der Waals surface area contributed by atoms with Crippen molar-refractivity contribution in [2.45, 2.75) is 44.7 Å². The fourth-order valence-corrected chi connectivity index (χ4v) is 2.02. The van der Waals surface area contributed by atoms with Crippen molar-refractivity contribution in [2.24, 2.45) is 0 Å². The summed E-state index contributed by atoms with van der Waals surface area (Å²) in [6.45, 7) is 8.40. The smallest absolute Gasteiger partial charge is 0.117 e. The van der Waals surface area contributed by atoms with Gasteiger partial charge in [-0.15, -0.1) is 0 Å². The second kappa shape index (κ2) is 6.96. The molecule has 0 aromatic carbocycles. The monoisotopic (exact) mass is 227 g/mol. The number of hydrogen-bond acceptors (Lipinski definition) is 3. The highest BCUT2D eigenvalue weighted by atomic mass is 32.2. The van der Waals surface area contributed by atoms with Gasteiger partial charge in [0, 0.05) is 5.25 Å². The fraction of sp³-hybridized carbons (Fsp3) is 0.667. The van der Waals surface area contributed by atoms with Crippen LogP contribution in [0.1, 0.15) is 38.7 Å². The molecule has 0 amide bonds. The fourth-order valence-electron chi connectivity index (χ4n) is 1.19. The van der Waals surface area contributed by atoms with Gasteiger partial charge in [-0.2, -0.15) is 11.8 Å². The van der Waals surface area contributed by atoms with Crippen LogP contribution in [-0.4, -0.2) is 11.8 Å². The largest absolute Gasteiger partial charge is 0.464 e. The van der Waals surface area contributed by atoms with Gasteiger partial charge in [0.05, 0.1) is 12.3 Å². The summed E-state index contributed by atoms with van der Waals surface area (Å²) in [7, 11) is 0. The average molecular weight is 227 g/mol. The first-order valence-electron chi connectivity index (χ1n) is 5.66. The predicted molar refractivity (Wildman–Crippen MR) is 67.1 cm³/mol. The summed E-state index contributed by atoms with van der Waals surface area (Å²) in [6.07, 6.45) is 1.22. The van der Waals surface area contributed by atoms with E-state index in [9.17, 15) is 0 Å². The van der Waals surface area contributed by atoms with E-state index in [0.717, 1.165) is 30.4 Å². The summed E-state index contributed by atoms with van der Waals surface area (Å²) in [4.78, 5) is 0. The molecule has 15 heavy (non-hydrogen) atoms. The Kier molecular flexibility index (Phi) is 5.88. The number of thioether (sulfide) groups is 1. The molecule has 0 saturated carbocycles. The highest BCUT2D eigenvalue weighted by molar-refractivity contribution is 7.99. The van der Waals surface area contributed by atoms with Crippen LogP contribution in [0.5, 0.6) is 0 Å². The minimum atomic E-state index is 0.715. The first-order chi connectivity index (χ1) is 7.26. The molecule has 0 spiro atoms. The summed E-state index contributed by atoms with van der Waals surface area (Å²) < 4.78 is 5.70. The zero-order chi connectivity index (χ0) is 11.1. The molecular formula is C12H21NOS. The lowest BCUT2D eigenvalue weighted by Crippen LogP contribution is -2.10. The topological polar surface area (TPSA) is 25.2 Å². The van der Waals surface area contributed by atoms with E-state index >= 15 is 0 Å². The molecule has 1 aromatic heterocycles. The first kappa shape index (κ1) is 12.7. The molecule has 0 radical (unpaired) electrons. The Labute approximate surface area is 96.8 Å². The Morgan fingerprint density at radius 1 is 1.33 bits per heavy atom. The molecule has 3 heteroatoms. The van der Waals surface area contributed by atoms with Gasteiger partial charge < -0.3 is 9.73 Å². The van der Waals surface area contributed by atoms with Crippen LogP contribution in [0, 0.1) is 0 Å². The summed E-state index contributed by atoms with van der Waals surface area (Å²) in [5, 5.41) is 3.97. The number of furan rings is 1. The molecule has 1 heterocycles. The molecule has 86 valence electrons. The molecule has 2 nitrogen and oxygen atoms in total. The standard InChI is InChI=1S/C12H21NOS/c1-4-10(3)15-9-12-7-6-11(14-12)8-13-5-2/h6-7,10,13H,4-5,8-9H2,1-3H3. The van der Waals surface area contributed by atoms with Crippen molar-refractivity contribution in [2.75, 3.05) is 6.54 Å². The first-order valence-corrected chi connectivity index (χ1v) is 6.71. The maximum absolute atomic E-state index is 5.70. The van der Waals surface area contributed by atoms with Crippen LogP contribution in [0.15, 0.2) is 16.5 Å². The Balaban J connectivity index is 2.32. The Morgan fingerprint density at radius 3 is 2.73 bits per heavy atom. The zero-order valence-corrected chi connectivity index (χ0v) is 10.7. The summed E-state index contributed by atoms with van der Waals surface area (Å²) >= 11 is 1.95. The van der Waals surface area contributed by atoms with E-state index in [1.165, 1.54) is 6.42 Å². The molecule has 1 atom stereocenters. The Bertz CT molecular complexity index is 272. The zero-order valence-electron chi connectivity index (χ0n) is 9.88. The van der Waals surface area contributed by atoms with E-state index < -0.39 is 0 Å². The molecule has 1 aromatic rings. The van der Waals surface area contributed by atoms with Gasteiger partial charge in [-0.3, -0.25) is 0 Å². The third-order valence-electron chi connectivity index (χ3n) is 2.35. The van der Waals surface area contributed by atoms with E-state index in [1.54, 1.807) is 0 Å². The van der Waals surface area contributed by atoms with E-state index in [-0.39, 0.29) is 0 Å². The van der Waals surface area contributed by atoms with Crippen LogP contribution in [-0.2, 0) is 12.3 Å². The second-order valence-corrected chi connectivity index (χ2v) is 5.10. The molecule has 1 N–H and O–H groups in total. The molecule has 1 unspecified atom stereocenters. The third-order valence-corrected chi connectivity index (χ3v) is 3.71. The average Bonchev–Trinajstić information content (AvgIpc) is 2.71. The predicted octanol–water partition coefficient (Wildman–Crippen LogP) is 3.42. The van der Waals surface area contributed by atoms with Crippen molar-refractivity contribution < 1.29 is 4.42 Å². The molecule has 0 bridgehead atoms. The Hall–Kier alpha value is -0.410. The van der Waals surface area contributed by atoms with Crippen molar-refractivity contribution in [3.63, 3.8) is 0 Å². The lowest BCUT2D eigenvalue weighted by atomic mass is 10.4. The van der Waals surface area contributed by atoms with Gasteiger partial charge in [-0.25, -0.2) is 0 Å². The van der Waals surface area contributed by atoms with Crippen LogP contribution in [0.4, 0.5) is 0 Å². The van der Waals surface area contributed by atoms with Gasteiger partial charge in [0.25, 0.3) is 0 Å². The van der Waals surface area contributed by atoms with Crippen LogP contribution in [0.25, 0.3) is 0 Å². The Morgan fingerprint density at radius 2 is 2.07 bits per heavy atom. The SMILES string of the molecule is CCNCc1ccc(CSC(C)CC)o1. The van der Waals surface area contributed by atoms with E-state index in [2.05, 4.69) is 38.2 Å². The second-order valence-electron chi connectivity index (χ2n) is 3.68. The van der Waals surface area contributed by atoms with Gasteiger partial charge in [0.1, 0.15) is 11.5 Å². The van der Waals surface area contributed by atoms with Crippen LogP contribution < -0.4 is 5.32 Å².